The van der Waals surface area contributed by atoms with Crippen LogP contribution >= 0.6 is 0 Å². The number of hydrogen-bond donors (Lipinski definition) is 1. The lowest BCUT2D eigenvalue weighted by atomic mass is 10.4. The zero-order valence-corrected chi connectivity index (χ0v) is 11.1. The van der Waals surface area contributed by atoms with Crippen molar-refractivity contribution in [1.29, 1.82) is 0 Å². The molecule has 1 amide bonds. The minimum atomic E-state index is -0.542. The van der Waals surface area contributed by atoms with E-state index in [9.17, 15) is 4.79 Å². The van der Waals surface area contributed by atoms with Crippen LogP contribution in [0.25, 0.3) is 5.82 Å². The molecule has 1 aliphatic carbocycles. The van der Waals surface area contributed by atoms with Crippen LogP contribution in [0.4, 0.5) is 0 Å². The van der Waals surface area contributed by atoms with Gasteiger partial charge in [0.2, 0.25) is 5.88 Å². The average Bonchev–Trinajstić information content (AvgIpc) is 3.18. The molecule has 3 rings (SSSR count). The molecule has 0 radical (unpaired) electrons. The van der Waals surface area contributed by atoms with E-state index < -0.39 is 5.91 Å². The van der Waals surface area contributed by atoms with Crippen molar-refractivity contribution in [2.75, 3.05) is 6.61 Å². The van der Waals surface area contributed by atoms with Gasteiger partial charge in [-0.15, -0.1) is 0 Å². The Kier molecular flexibility index (Phi) is 3.09. The zero-order valence-electron chi connectivity index (χ0n) is 11.1. The van der Waals surface area contributed by atoms with Crippen LogP contribution in [0.15, 0.2) is 18.6 Å². The summed E-state index contributed by atoms with van der Waals surface area (Å²) in [6.45, 7) is 2.40. The van der Waals surface area contributed by atoms with E-state index in [1.807, 2.05) is 6.92 Å². The number of aromatic nitrogens is 4. The van der Waals surface area contributed by atoms with E-state index in [1.165, 1.54) is 0 Å². The van der Waals surface area contributed by atoms with E-state index in [4.69, 9.17) is 10.5 Å². The van der Waals surface area contributed by atoms with Crippen molar-refractivity contribution in [3.63, 3.8) is 0 Å². The van der Waals surface area contributed by atoms with Crippen molar-refractivity contribution in [3.8, 4) is 11.7 Å². The molecule has 7 nitrogen and oxygen atoms in total. The van der Waals surface area contributed by atoms with Crippen LogP contribution in [-0.2, 0) is 0 Å². The summed E-state index contributed by atoms with van der Waals surface area (Å²) in [5.41, 5.74) is 5.54. The second kappa shape index (κ2) is 4.92. The lowest BCUT2D eigenvalue weighted by molar-refractivity contribution is 0.0996. The van der Waals surface area contributed by atoms with Gasteiger partial charge in [-0.2, -0.15) is 4.98 Å². The van der Waals surface area contributed by atoms with E-state index in [2.05, 4.69) is 15.0 Å². The topological polar surface area (TPSA) is 95.9 Å². The second-order valence-corrected chi connectivity index (χ2v) is 4.64. The number of carbonyl (C=O) groups excluding carboxylic acids is 1. The molecule has 2 N–H and O–H groups in total. The minimum absolute atomic E-state index is 0.246. The maximum Gasteiger partial charge on any atom is 0.268 e. The third-order valence-corrected chi connectivity index (χ3v) is 3.07. The zero-order chi connectivity index (χ0) is 14.1. The van der Waals surface area contributed by atoms with Crippen LogP contribution in [0.3, 0.4) is 0 Å². The SMILES string of the molecule is CCOc1cncc(-n2cc(C(N)=O)nc2C2CC2)n1. The Morgan fingerprint density at radius 3 is 2.90 bits per heavy atom. The molecule has 0 atom stereocenters. The first kappa shape index (κ1) is 12.6. The van der Waals surface area contributed by atoms with E-state index in [-0.39, 0.29) is 5.69 Å². The highest BCUT2D eigenvalue weighted by molar-refractivity contribution is 5.90. The summed E-state index contributed by atoms with van der Waals surface area (Å²) >= 11 is 0. The van der Waals surface area contributed by atoms with Gasteiger partial charge in [0.25, 0.3) is 5.91 Å². The van der Waals surface area contributed by atoms with Crippen molar-refractivity contribution < 1.29 is 9.53 Å². The van der Waals surface area contributed by atoms with Crippen molar-refractivity contribution in [1.82, 2.24) is 19.5 Å². The monoisotopic (exact) mass is 273 g/mol. The summed E-state index contributed by atoms with van der Waals surface area (Å²) in [5.74, 6) is 1.65. The number of nitrogens with two attached hydrogens (primary N) is 1. The predicted octanol–water partition coefficient (Wildman–Crippen LogP) is 1.04. The molecule has 1 saturated carbocycles. The molecule has 0 aromatic carbocycles. The summed E-state index contributed by atoms with van der Waals surface area (Å²) in [6.07, 6.45) is 6.90. The maximum atomic E-state index is 11.3. The number of carbonyl (C=O) groups is 1. The molecule has 7 heteroatoms. The molecule has 0 saturated heterocycles. The highest BCUT2D eigenvalue weighted by atomic mass is 16.5. The lowest BCUT2D eigenvalue weighted by Gasteiger charge is -2.07. The smallest absolute Gasteiger partial charge is 0.268 e. The van der Waals surface area contributed by atoms with Crippen LogP contribution in [0.5, 0.6) is 5.88 Å². The average molecular weight is 273 g/mol. The van der Waals surface area contributed by atoms with E-state index in [0.717, 1.165) is 18.7 Å². The number of imidazole rings is 1. The van der Waals surface area contributed by atoms with Gasteiger partial charge in [0.1, 0.15) is 11.5 Å². The maximum absolute atomic E-state index is 11.3. The molecule has 0 aliphatic heterocycles. The van der Waals surface area contributed by atoms with Crippen LogP contribution in [0, 0.1) is 0 Å². The first-order chi connectivity index (χ1) is 9.69. The normalized spacial score (nSPS) is 14.2. The molecule has 104 valence electrons. The molecule has 1 aliphatic rings. The molecule has 20 heavy (non-hydrogen) atoms. The van der Waals surface area contributed by atoms with Gasteiger partial charge in [0.05, 0.1) is 19.0 Å². The Bertz CT molecular complexity index is 648. The van der Waals surface area contributed by atoms with Crippen LogP contribution in [0.1, 0.15) is 42.0 Å². The fourth-order valence-corrected chi connectivity index (χ4v) is 2.00. The van der Waals surface area contributed by atoms with Crippen LogP contribution in [0.2, 0.25) is 0 Å². The Morgan fingerprint density at radius 2 is 2.25 bits per heavy atom. The Morgan fingerprint density at radius 1 is 1.45 bits per heavy atom. The van der Waals surface area contributed by atoms with Gasteiger partial charge in [-0.25, -0.2) is 4.98 Å². The minimum Gasteiger partial charge on any atom is -0.477 e. The van der Waals surface area contributed by atoms with Crippen molar-refractivity contribution in [3.05, 3.63) is 30.1 Å². The summed E-state index contributed by atoms with van der Waals surface area (Å²) in [5, 5.41) is 0. The largest absolute Gasteiger partial charge is 0.477 e. The molecular weight excluding hydrogens is 258 g/mol. The number of primary amides is 1. The fourth-order valence-electron chi connectivity index (χ4n) is 2.00. The van der Waals surface area contributed by atoms with Crippen LogP contribution < -0.4 is 10.5 Å². The van der Waals surface area contributed by atoms with Gasteiger partial charge < -0.3 is 10.5 Å². The van der Waals surface area contributed by atoms with Gasteiger partial charge >= 0.3 is 0 Å². The molecule has 2 aromatic rings. The van der Waals surface area contributed by atoms with E-state index in [0.29, 0.717) is 24.2 Å². The highest BCUT2D eigenvalue weighted by Gasteiger charge is 2.30. The van der Waals surface area contributed by atoms with Gasteiger partial charge in [0.15, 0.2) is 5.82 Å². The highest BCUT2D eigenvalue weighted by Crippen LogP contribution is 2.40. The predicted molar refractivity (Wildman–Crippen MR) is 70.8 cm³/mol. The van der Waals surface area contributed by atoms with E-state index in [1.54, 1.807) is 23.2 Å². The van der Waals surface area contributed by atoms with Gasteiger partial charge in [-0.3, -0.25) is 14.3 Å². The Balaban J connectivity index is 2.03. The molecular formula is C13H15N5O2. The lowest BCUT2D eigenvalue weighted by Crippen LogP contribution is -2.11. The van der Waals surface area contributed by atoms with Crippen molar-refractivity contribution in [2.45, 2.75) is 25.7 Å². The third kappa shape index (κ3) is 2.34. The Labute approximate surface area is 115 Å². The summed E-state index contributed by atoms with van der Waals surface area (Å²) < 4.78 is 7.11. The molecule has 0 unspecified atom stereocenters. The summed E-state index contributed by atoms with van der Waals surface area (Å²) in [4.78, 5) is 24.1. The molecule has 0 bridgehead atoms. The molecule has 2 aromatic heterocycles. The Hall–Kier alpha value is -2.44. The van der Waals surface area contributed by atoms with Crippen molar-refractivity contribution in [2.24, 2.45) is 5.73 Å². The standard InChI is InChI=1S/C13H15N5O2/c1-2-20-11-6-15-5-10(17-11)18-7-9(12(14)19)16-13(18)8-3-4-8/h5-8H,2-4H2,1H3,(H2,14,19). The summed E-state index contributed by atoms with van der Waals surface area (Å²) in [6, 6.07) is 0. The third-order valence-electron chi connectivity index (χ3n) is 3.07. The van der Waals surface area contributed by atoms with Gasteiger partial charge in [0, 0.05) is 12.1 Å². The van der Waals surface area contributed by atoms with Crippen molar-refractivity contribution >= 4 is 5.91 Å². The molecule has 1 fully saturated rings. The first-order valence-electron chi connectivity index (χ1n) is 6.53. The van der Waals surface area contributed by atoms with Gasteiger partial charge in [-0.05, 0) is 19.8 Å². The van der Waals surface area contributed by atoms with Gasteiger partial charge in [-0.1, -0.05) is 0 Å². The molecule has 2 heterocycles. The number of ether oxygens (including phenoxy) is 1. The number of rotatable bonds is 5. The number of nitrogens with zero attached hydrogens (tertiary/aromatic N) is 4. The number of amides is 1. The fraction of sp³-hybridized carbons (Fsp3) is 0.385. The number of hydrogen-bond acceptors (Lipinski definition) is 5. The first-order valence-corrected chi connectivity index (χ1v) is 6.53. The van der Waals surface area contributed by atoms with Crippen LogP contribution in [-0.4, -0.2) is 32.0 Å². The van der Waals surface area contributed by atoms with E-state index >= 15 is 0 Å². The quantitative estimate of drug-likeness (QED) is 0.878. The molecule has 0 spiro atoms. The summed E-state index contributed by atoms with van der Waals surface area (Å²) in [7, 11) is 0. The second-order valence-electron chi connectivity index (χ2n) is 4.64.